The minimum atomic E-state index is 0.319. The lowest BCUT2D eigenvalue weighted by Crippen LogP contribution is -2.26. The molecule has 2 rings (SSSR count). The van der Waals surface area contributed by atoms with E-state index in [1.165, 1.54) is 12.0 Å². The van der Waals surface area contributed by atoms with Crippen LogP contribution in [0.1, 0.15) is 39.2 Å². The standard InChI is InChI=1S/C16H25NO/c1-12-5-7-14(8-6-12)18-15-9-13(17-11-15)10-16(2,3)4/h5-8,13,15,17H,9-11H2,1-4H3. The fourth-order valence-corrected chi connectivity index (χ4v) is 2.58. The van der Waals surface area contributed by atoms with Crippen molar-refractivity contribution in [2.24, 2.45) is 5.41 Å². The molecule has 18 heavy (non-hydrogen) atoms. The van der Waals surface area contributed by atoms with Gasteiger partial charge in [0, 0.05) is 19.0 Å². The number of ether oxygens (including phenoxy) is 1. The van der Waals surface area contributed by atoms with E-state index < -0.39 is 0 Å². The second kappa shape index (κ2) is 5.31. The van der Waals surface area contributed by atoms with E-state index in [0.717, 1.165) is 18.7 Å². The van der Waals surface area contributed by atoms with Crippen molar-refractivity contribution in [3.8, 4) is 5.75 Å². The second-order valence-corrected chi connectivity index (χ2v) is 6.66. The molecule has 2 heteroatoms. The molecule has 1 saturated heterocycles. The van der Waals surface area contributed by atoms with Gasteiger partial charge in [-0.3, -0.25) is 0 Å². The van der Waals surface area contributed by atoms with E-state index in [2.05, 4.69) is 57.3 Å². The third-order valence-electron chi connectivity index (χ3n) is 3.36. The maximum absolute atomic E-state index is 6.01. The highest BCUT2D eigenvalue weighted by Gasteiger charge is 2.28. The lowest BCUT2D eigenvalue weighted by atomic mass is 9.87. The smallest absolute Gasteiger partial charge is 0.119 e. The summed E-state index contributed by atoms with van der Waals surface area (Å²) in [4.78, 5) is 0. The first kappa shape index (κ1) is 13.4. The summed E-state index contributed by atoms with van der Waals surface area (Å²) in [5, 5.41) is 3.57. The van der Waals surface area contributed by atoms with Gasteiger partial charge in [-0.25, -0.2) is 0 Å². The highest BCUT2D eigenvalue weighted by atomic mass is 16.5. The summed E-state index contributed by atoms with van der Waals surface area (Å²) in [5.74, 6) is 0.990. The molecule has 100 valence electrons. The Morgan fingerprint density at radius 1 is 1.22 bits per heavy atom. The van der Waals surface area contributed by atoms with Gasteiger partial charge in [0.15, 0.2) is 0 Å². The van der Waals surface area contributed by atoms with Crippen LogP contribution in [0.4, 0.5) is 0 Å². The van der Waals surface area contributed by atoms with Crippen molar-refractivity contribution in [2.45, 2.75) is 52.7 Å². The van der Waals surface area contributed by atoms with Crippen molar-refractivity contribution in [3.63, 3.8) is 0 Å². The highest BCUT2D eigenvalue weighted by Crippen LogP contribution is 2.26. The fraction of sp³-hybridized carbons (Fsp3) is 0.625. The van der Waals surface area contributed by atoms with E-state index in [4.69, 9.17) is 4.74 Å². The summed E-state index contributed by atoms with van der Waals surface area (Å²) in [6, 6.07) is 8.92. The van der Waals surface area contributed by atoms with Gasteiger partial charge in [0.1, 0.15) is 11.9 Å². The van der Waals surface area contributed by atoms with Crippen LogP contribution < -0.4 is 10.1 Å². The molecule has 0 bridgehead atoms. The van der Waals surface area contributed by atoms with Gasteiger partial charge in [-0.05, 0) is 30.9 Å². The van der Waals surface area contributed by atoms with Crippen LogP contribution in [0, 0.1) is 12.3 Å². The first-order valence-electron chi connectivity index (χ1n) is 6.89. The van der Waals surface area contributed by atoms with Crippen molar-refractivity contribution < 1.29 is 4.74 Å². The Morgan fingerprint density at radius 2 is 1.89 bits per heavy atom. The topological polar surface area (TPSA) is 21.3 Å². The predicted octanol–water partition coefficient (Wildman–Crippen LogP) is 3.54. The molecular weight excluding hydrogens is 222 g/mol. The molecule has 2 atom stereocenters. The van der Waals surface area contributed by atoms with E-state index in [9.17, 15) is 0 Å². The predicted molar refractivity (Wildman–Crippen MR) is 76.1 cm³/mol. The number of hydrogen-bond acceptors (Lipinski definition) is 2. The zero-order chi connectivity index (χ0) is 13.2. The van der Waals surface area contributed by atoms with Crippen LogP contribution >= 0.6 is 0 Å². The molecule has 0 amide bonds. The van der Waals surface area contributed by atoms with Crippen molar-refractivity contribution in [1.82, 2.24) is 5.32 Å². The molecule has 2 nitrogen and oxygen atoms in total. The Morgan fingerprint density at radius 3 is 2.50 bits per heavy atom. The number of hydrogen-bond donors (Lipinski definition) is 1. The Bertz CT molecular complexity index is 377. The van der Waals surface area contributed by atoms with Gasteiger partial charge in [0.05, 0.1) is 0 Å². The van der Waals surface area contributed by atoms with Gasteiger partial charge < -0.3 is 10.1 Å². The Hall–Kier alpha value is -1.02. The summed E-state index contributed by atoms with van der Waals surface area (Å²) < 4.78 is 6.01. The third kappa shape index (κ3) is 4.02. The molecule has 2 unspecified atom stereocenters. The molecule has 1 heterocycles. The largest absolute Gasteiger partial charge is 0.489 e. The van der Waals surface area contributed by atoms with Crippen molar-refractivity contribution in [3.05, 3.63) is 29.8 Å². The zero-order valence-electron chi connectivity index (χ0n) is 12.0. The average Bonchev–Trinajstić information content (AvgIpc) is 2.66. The maximum atomic E-state index is 6.01. The van der Waals surface area contributed by atoms with Gasteiger partial charge in [0.2, 0.25) is 0 Å². The molecule has 1 aliphatic rings. The summed E-state index contributed by atoms with van der Waals surface area (Å²) in [5.41, 5.74) is 1.66. The van der Waals surface area contributed by atoms with Crippen molar-refractivity contribution >= 4 is 0 Å². The average molecular weight is 247 g/mol. The summed E-state index contributed by atoms with van der Waals surface area (Å²) in [6.07, 6.45) is 2.64. The molecule has 1 aromatic rings. The third-order valence-corrected chi connectivity index (χ3v) is 3.36. The molecule has 0 saturated carbocycles. The molecule has 0 aliphatic carbocycles. The first-order chi connectivity index (χ1) is 8.42. The zero-order valence-corrected chi connectivity index (χ0v) is 12.0. The van der Waals surface area contributed by atoms with E-state index >= 15 is 0 Å². The van der Waals surface area contributed by atoms with E-state index in [1.54, 1.807) is 0 Å². The van der Waals surface area contributed by atoms with Crippen LogP contribution in [0.15, 0.2) is 24.3 Å². The second-order valence-electron chi connectivity index (χ2n) is 6.66. The molecule has 0 aromatic heterocycles. The fourth-order valence-electron chi connectivity index (χ4n) is 2.58. The Labute approximate surface area is 111 Å². The van der Waals surface area contributed by atoms with Crippen LogP contribution in [0.2, 0.25) is 0 Å². The summed E-state index contributed by atoms with van der Waals surface area (Å²) >= 11 is 0. The van der Waals surface area contributed by atoms with Crippen molar-refractivity contribution in [2.75, 3.05) is 6.54 Å². The van der Waals surface area contributed by atoms with Crippen LogP contribution in [0.25, 0.3) is 0 Å². The Balaban J connectivity index is 1.84. The monoisotopic (exact) mass is 247 g/mol. The van der Waals surface area contributed by atoms with Gasteiger partial charge in [-0.15, -0.1) is 0 Å². The highest BCUT2D eigenvalue weighted by molar-refractivity contribution is 5.26. The van der Waals surface area contributed by atoms with Gasteiger partial charge in [0.25, 0.3) is 0 Å². The van der Waals surface area contributed by atoms with Gasteiger partial charge in [-0.2, -0.15) is 0 Å². The summed E-state index contributed by atoms with van der Waals surface area (Å²) in [6.45, 7) is 9.95. The van der Waals surface area contributed by atoms with Crippen LogP contribution in [0.3, 0.4) is 0 Å². The SMILES string of the molecule is Cc1ccc(OC2CNC(CC(C)(C)C)C2)cc1. The van der Waals surface area contributed by atoms with E-state index in [1.807, 2.05) is 0 Å². The van der Waals surface area contributed by atoms with E-state index in [-0.39, 0.29) is 0 Å². The lowest BCUT2D eigenvalue weighted by Gasteiger charge is -2.22. The molecule has 0 radical (unpaired) electrons. The van der Waals surface area contributed by atoms with Crippen LogP contribution in [-0.4, -0.2) is 18.7 Å². The first-order valence-corrected chi connectivity index (χ1v) is 6.89. The summed E-state index contributed by atoms with van der Waals surface area (Å²) in [7, 11) is 0. The minimum absolute atomic E-state index is 0.319. The number of benzene rings is 1. The minimum Gasteiger partial charge on any atom is -0.489 e. The number of rotatable bonds is 3. The quantitative estimate of drug-likeness (QED) is 0.882. The van der Waals surface area contributed by atoms with E-state index in [0.29, 0.717) is 17.6 Å². The Kier molecular flexibility index (Phi) is 3.96. The molecule has 0 spiro atoms. The molecular formula is C16H25NO. The maximum Gasteiger partial charge on any atom is 0.119 e. The normalized spacial score (nSPS) is 24.2. The molecule has 1 aromatic carbocycles. The molecule has 1 aliphatic heterocycles. The lowest BCUT2D eigenvalue weighted by molar-refractivity contribution is 0.215. The van der Waals surface area contributed by atoms with Crippen LogP contribution in [-0.2, 0) is 0 Å². The van der Waals surface area contributed by atoms with Gasteiger partial charge in [-0.1, -0.05) is 38.5 Å². The molecule has 1 fully saturated rings. The molecule has 1 N–H and O–H groups in total. The number of aryl methyl sites for hydroxylation is 1. The number of nitrogens with one attached hydrogen (secondary N) is 1. The van der Waals surface area contributed by atoms with Gasteiger partial charge >= 0.3 is 0 Å². The van der Waals surface area contributed by atoms with Crippen molar-refractivity contribution in [1.29, 1.82) is 0 Å². The van der Waals surface area contributed by atoms with Crippen LogP contribution in [0.5, 0.6) is 5.75 Å².